The lowest BCUT2D eigenvalue weighted by Gasteiger charge is -2.35. The predicted octanol–water partition coefficient (Wildman–Crippen LogP) is 0.163. The first-order valence-electron chi connectivity index (χ1n) is 4.51. The van der Waals surface area contributed by atoms with Gasteiger partial charge in [-0.25, -0.2) is 15.3 Å². The van der Waals surface area contributed by atoms with Gasteiger partial charge in [-0.3, -0.25) is 0 Å². The highest BCUT2D eigenvalue weighted by molar-refractivity contribution is 4.64. The van der Waals surface area contributed by atoms with Gasteiger partial charge in [-0.05, 0) is 0 Å². The molecule has 0 atom stereocenters. The van der Waals surface area contributed by atoms with Crippen molar-refractivity contribution in [2.45, 2.75) is 13.8 Å². The molecule has 1 radical (unpaired) electrons. The monoisotopic (exact) mass is 156 g/mol. The first-order valence-corrected chi connectivity index (χ1v) is 4.51. The van der Waals surface area contributed by atoms with E-state index in [-0.39, 0.29) is 0 Å². The minimum Gasteiger partial charge on any atom is -0.242 e. The molecule has 0 aliphatic carbocycles. The van der Waals surface area contributed by atoms with Crippen molar-refractivity contribution in [3.63, 3.8) is 0 Å². The van der Waals surface area contributed by atoms with E-state index in [0.717, 1.165) is 39.3 Å². The van der Waals surface area contributed by atoms with E-state index < -0.39 is 0 Å². The maximum atomic E-state index is 4.31. The second kappa shape index (κ2) is 4.70. The van der Waals surface area contributed by atoms with Gasteiger partial charge >= 0.3 is 0 Å². The van der Waals surface area contributed by atoms with Crippen LogP contribution in [0.5, 0.6) is 0 Å². The van der Waals surface area contributed by atoms with Gasteiger partial charge in [-0.2, -0.15) is 0 Å². The number of hydrazine groups is 1. The number of hydrogen-bond acceptors (Lipinski definition) is 2. The Morgan fingerprint density at radius 3 is 2.18 bits per heavy atom. The lowest BCUT2D eigenvalue weighted by Crippen LogP contribution is -2.50. The van der Waals surface area contributed by atoms with Crippen LogP contribution in [0.2, 0.25) is 0 Å². The van der Waals surface area contributed by atoms with Crippen LogP contribution in [0, 0.1) is 0 Å². The van der Waals surface area contributed by atoms with Crippen LogP contribution in [0.3, 0.4) is 0 Å². The van der Waals surface area contributed by atoms with Crippen LogP contribution in [0.25, 0.3) is 0 Å². The summed E-state index contributed by atoms with van der Waals surface area (Å²) in [4.78, 5) is 0. The van der Waals surface area contributed by atoms with E-state index in [2.05, 4.69) is 29.2 Å². The zero-order chi connectivity index (χ0) is 8.10. The van der Waals surface area contributed by atoms with Crippen molar-refractivity contribution < 1.29 is 0 Å². The number of hydrogen-bond donors (Lipinski definition) is 0. The molecule has 0 amide bonds. The van der Waals surface area contributed by atoms with Gasteiger partial charge < -0.3 is 0 Å². The smallest absolute Gasteiger partial charge is 0.0275 e. The summed E-state index contributed by atoms with van der Waals surface area (Å²) in [6, 6.07) is 0. The van der Waals surface area contributed by atoms with Crippen LogP contribution in [0.1, 0.15) is 13.8 Å². The van der Waals surface area contributed by atoms with Gasteiger partial charge in [-0.15, -0.1) is 0 Å². The average molecular weight is 156 g/mol. The Hall–Kier alpha value is -0.120. The largest absolute Gasteiger partial charge is 0.242 e. The van der Waals surface area contributed by atoms with E-state index in [9.17, 15) is 0 Å². The van der Waals surface area contributed by atoms with E-state index in [1.54, 1.807) is 0 Å². The predicted molar refractivity (Wildman–Crippen MR) is 46.4 cm³/mol. The number of rotatable bonds is 3. The van der Waals surface area contributed by atoms with E-state index >= 15 is 0 Å². The highest BCUT2D eigenvalue weighted by Crippen LogP contribution is 1.99. The van der Waals surface area contributed by atoms with Crippen molar-refractivity contribution in [3.8, 4) is 0 Å². The first-order chi connectivity index (χ1) is 5.38. The molecule has 0 aromatic rings. The molecule has 1 fully saturated rings. The molecule has 0 aromatic heterocycles. The normalized spacial score (nSPS) is 21.0. The standard InChI is InChI=1S/C8H18N3/c1-3-10(4-2)11-7-5-9-6-8-11/h3-8H2,1-2H3. The highest BCUT2D eigenvalue weighted by atomic mass is 15.6. The van der Waals surface area contributed by atoms with Crippen molar-refractivity contribution in [3.05, 3.63) is 0 Å². The molecule has 0 aromatic carbocycles. The Morgan fingerprint density at radius 1 is 1.18 bits per heavy atom. The zero-order valence-corrected chi connectivity index (χ0v) is 7.58. The maximum Gasteiger partial charge on any atom is 0.0275 e. The molecule has 0 unspecified atom stereocenters. The van der Waals surface area contributed by atoms with Gasteiger partial charge in [0, 0.05) is 39.3 Å². The fourth-order valence-corrected chi connectivity index (χ4v) is 1.50. The molecule has 0 saturated carbocycles. The summed E-state index contributed by atoms with van der Waals surface area (Å²) < 4.78 is 0. The molecule has 0 N–H and O–H groups in total. The summed E-state index contributed by atoms with van der Waals surface area (Å²) in [7, 11) is 0. The van der Waals surface area contributed by atoms with Crippen molar-refractivity contribution in [1.29, 1.82) is 0 Å². The van der Waals surface area contributed by atoms with E-state index in [1.807, 2.05) is 0 Å². The fraction of sp³-hybridized carbons (Fsp3) is 1.00. The average Bonchev–Trinajstić information content (AvgIpc) is 2.09. The lowest BCUT2D eigenvalue weighted by molar-refractivity contribution is -0.0258. The molecule has 0 bridgehead atoms. The van der Waals surface area contributed by atoms with Gasteiger partial charge in [0.05, 0.1) is 0 Å². The van der Waals surface area contributed by atoms with Crippen molar-refractivity contribution >= 4 is 0 Å². The molecular formula is C8H18N3. The Labute approximate surface area is 69.3 Å². The third-order valence-electron chi connectivity index (χ3n) is 2.16. The van der Waals surface area contributed by atoms with Crippen LogP contribution < -0.4 is 5.32 Å². The van der Waals surface area contributed by atoms with Gasteiger partial charge in [0.15, 0.2) is 0 Å². The molecule has 1 heterocycles. The van der Waals surface area contributed by atoms with E-state index in [0.29, 0.717) is 0 Å². The molecule has 11 heavy (non-hydrogen) atoms. The molecule has 65 valence electrons. The Morgan fingerprint density at radius 2 is 1.73 bits per heavy atom. The van der Waals surface area contributed by atoms with Crippen molar-refractivity contribution in [2.75, 3.05) is 39.3 Å². The molecule has 3 nitrogen and oxygen atoms in total. The maximum absolute atomic E-state index is 4.31. The third-order valence-corrected chi connectivity index (χ3v) is 2.16. The molecule has 3 heteroatoms. The Kier molecular flexibility index (Phi) is 3.83. The molecule has 1 aliphatic heterocycles. The minimum absolute atomic E-state index is 1.01. The van der Waals surface area contributed by atoms with Gasteiger partial charge in [0.1, 0.15) is 0 Å². The van der Waals surface area contributed by atoms with Crippen LogP contribution in [-0.4, -0.2) is 49.3 Å². The first kappa shape index (κ1) is 8.97. The molecule has 0 spiro atoms. The summed E-state index contributed by atoms with van der Waals surface area (Å²) in [6.45, 7) is 10.9. The number of piperazine rings is 1. The van der Waals surface area contributed by atoms with Gasteiger partial charge in [0.2, 0.25) is 0 Å². The van der Waals surface area contributed by atoms with Crippen molar-refractivity contribution in [2.24, 2.45) is 0 Å². The van der Waals surface area contributed by atoms with E-state index in [4.69, 9.17) is 0 Å². The van der Waals surface area contributed by atoms with Crippen LogP contribution in [-0.2, 0) is 0 Å². The fourth-order valence-electron chi connectivity index (χ4n) is 1.50. The second-order valence-electron chi connectivity index (χ2n) is 2.76. The van der Waals surface area contributed by atoms with Crippen LogP contribution in [0.15, 0.2) is 0 Å². The SMILES string of the molecule is CCN(CC)N1CC[N]CC1. The van der Waals surface area contributed by atoms with Gasteiger partial charge in [-0.1, -0.05) is 13.8 Å². The molecule has 1 rings (SSSR count). The van der Waals surface area contributed by atoms with E-state index in [1.165, 1.54) is 0 Å². The summed E-state index contributed by atoms with van der Waals surface area (Å²) >= 11 is 0. The zero-order valence-electron chi connectivity index (χ0n) is 7.58. The summed E-state index contributed by atoms with van der Waals surface area (Å²) in [5, 5.41) is 9.10. The number of nitrogens with zero attached hydrogens (tertiary/aromatic N) is 3. The molecule has 1 aliphatic rings. The molecular weight excluding hydrogens is 138 g/mol. The van der Waals surface area contributed by atoms with Crippen LogP contribution >= 0.6 is 0 Å². The minimum atomic E-state index is 1.01. The van der Waals surface area contributed by atoms with Gasteiger partial charge in [0.25, 0.3) is 0 Å². The third kappa shape index (κ3) is 2.43. The topological polar surface area (TPSA) is 20.6 Å². The molecule has 1 saturated heterocycles. The second-order valence-corrected chi connectivity index (χ2v) is 2.76. The Bertz CT molecular complexity index is 95.5. The van der Waals surface area contributed by atoms with Crippen LogP contribution in [0.4, 0.5) is 0 Å². The summed E-state index contributed by atoms with van der Waals surface area (Å²) in [5.41, 5.74) is 0. The lowest BCUT2D eigenvalue weighted by atomic mass is 10.4. The highest BCUT2D eigenvalue weighted by Gasteiger charge is 2.14. The summed E-state index contributed by atoms with van der Waals surface area (Å²) in [5.74, 6) is 0. The summed E-state index contributed by atoms with van der Waals surface area (Å²) in [6.07, 6.45) is 0. The van der Waals surface area contributed by atoms with Crippen molar-refractivity contribution in [1.82, 2.24) is 15.3 Å². The Balaban J connectivity index is 2.30. The quantitative estimate of drug-likeness (QED) is 0.580.